The fourth-order valence-corrected chi connectivity index (χ4v) is 3.90. The summed E-state index contributed by atoms with van der Waals surface area (Å²) in [5.41, 5.74) is 1.53. The number of ether oxygens (including phenoxy) is 1. The smallest absolute Gasteiger partial charge is 0.338 e. The molecule has 0 unspecified atom stereocenters. The van der Waals surface area contributed by atoms with Crippen LogP contribution in [-0.2, 0) is 19.6 Å². The van der Waals surface area contributed by atoms with Crippen LogP contribution in [0, 0.1) is 6.92 Å². The molecule has 0 saturated heterocycles. The van der Waals surface area contributed by atoms with Gasteiger partial charge in [0.2, 0.25) is 0 Å². The van der Waals surface area contributed by atoms with Gasteiger partial charge in [-0.1, -0.05) is 23.8 Å². The normalized spacial score (nSPS) is 13.5. The van der Waals surface area contributed by atoms with Gasteiger partial charge in [-0.2, -0.15) is 0 Å². The zero-order valence-corrected chi connectivity index (χ0v) is 16.7. The third-order valence-electron chi connectivity index (χ3n) is 4.14. The van der Waals surface area contributed by atoms with E-state index in [2.05, 4.69) is 15.0 Å². The number of amides is 1. The van der Waals surface area contributed by atoms with Gasteiger partial charge >= 0.3 is 5.97 Å². The highest BCUT2D eigenvalue weighted by molar-refractivity contribution is 7.90. The maximum Gasteiger partial charge on any atom is 0.338 e. The summed E-state index contributed by atoms with van der Waals surface area (Å²) in [6, 6.07) is 12.6. The summed E-state index contributed by atoms with van der Waals surface area (Å²) in [6.07, 6.45) is 1.40. The molecule has 2 aromatic rings. The van der Waals surface area contributed by atoms with Crippen LogP contribution < -0.4 is 10.0 Å². The maximum atomic E-state index is 12.5. The first-order valence-corrected chi connectivity index (χ1v) is 10.5. The molecule has 1 amide bonds. The van der Waals surface area contributed by atoms with Gasteiger partial charge in [0, 0.05) is 18.7 Å². The zero-order valence-electron chi connectivity index (χ0n) is 15.8. The minimum Gasteiger partial charge on any atom is -0.452 e. The molecule has 8 nitrogen and oxygen atoms in total. The monoisotopic (exact) mass is 415 g/mol. The molecule has 9 heteroatoms. The number of anilines is 1. The van der Waals surface area contributed by atoms with E-state index in [-0.39, 0.29) is 10.6 Å². The van der Waals surface area contributed by atoms with E-state index in [1.807, 2.05) is 13.0 Å². The number of sulfonamides is 1. The first kappa shape index (κ1) is 20.5. The summed E-state index contributed by atoms with van der Waals surface area (Å²) >= 11 is 0. The van der Waals surface area contributed by atoms with Gasteiger partial charge in [0.25, 0.3) is 15.9 Å². The first-order chi connectivity index (χ1) is 13.8. The molecule has 1 heterocycles. The van der Waals surface area contributed by atoms with Crippen molar-refractivity contribution in [3.05, 3.63) is 59.7 Å². The quantitative estimate of drug-likeness (QED) is 0.703. The third-order valence-corrected chi connectivity index (χ3v) is 5.52. The van der Waals surface area contributed by atoms with E-state index in [0.717, 1.165) is 12.0 Å². The number of nitrogens with one attached hydrogen (secondary N) is 2. The number of hydrogen-bond donors (Lipinski definition) is 2. The molecule has 0 bridgehead atoms. The topological polar surface area (TPSA) is 114 Å². The lowest BCUT2D eigenvalue weighted by molar-refractivity contribution is -0.119. The number of nitrogens with zero attached hydrogens (tertiary/aromatic N) is 1. The second-order valence-corrected chi connectivity index (χ2v) is 8.24. The molecule has 0 aromatic heterocycles. The highest BCUT2D eigenvalue weighted by Crippen LogP contribution is 2.16. The van der Waals surface area contributed by atoms with Gasteiger partial charge in [0.15, 0.2) is 6.61 Å². The van der Waals surface area contributed by atoms with Gasteiger partial charge in [0.1, 0.15) is 5.84 Å². The molecule has 1 aliphatic heterocycles. The molecular formula is C20H21N3O5S. The zero-order chi connectivity index (χ0) is 20.9. The molecular weight excluding hydrogens is 394 g/mol. The van der Waals surface area contributed by atoms with Crippen LogP contribution in [0.15, 0.2) is 58.4 Å². The van der Waals surface area contributed by atoms with Crippen molar-refractivity contribution in [3.8, 4) is 0 Å². The average molecular weight is 415 g/mol. The Kier molecular flexibility index (Phi) is 6.28. The van der Waals surface area contributed by atoms with E-state index >= 15 is 0 Å². The molecule has 152 valence electrons. The van der Waals surface area contributed by atoms with Crippen LogP contribution in [-0.4, -0.2) is 39.3 Å². The van der Waals surface area contributed by atoms with Crippen molar-refractivity contribution in [3.63, 3.8) is 0 Å². The van der Waals surface area contributed by atoms with Gasteiger partial charge in [-0.05, 0) is 43.7 Å². The van der Waals surface area contributed by atoms with Crippen LogP contribution in [0.25, 0.3) is 0 Å². The van der Waals surface area contributed by atoms with Gasteiger partial charge in [-0.15, -0.1) is 0 Å². The van der Waals surface area contributed by atoms with Crippen LogP contribution in [0.4, 0.5) is 5.69 Å². The highest BCUT2D eigenvalue weighted by Gasteiger charge is 2.19. The highest BCUT2D eigenvalue weighted by atomic mass is 32.2. The van der Waals surface area contributed by atoms with Crippen molar-refractivity contribution in [1.29, 1.82) is 0 Å². The number of amidine groups is 1. The lowest BCUT2D eigenvalue weighted by Gasteiger charge is -2.10. The molecule has 0 radical (unpaired) electrons. The molecule has 3 rings (SSSR count). The van der Waals surface area contributed by atoms with E-state index in [1.165, 1.54) is 18.2 Å². The largest absolute Gasteiger partial charge is 0.452 e. The van der Waals surface area contributed by atoms with Crippen molar-refractivity contribution in [2.24, 2.45) is 4.99 Å². The Labute approximate surface area is 169 Å². The van der Waals surface area contributed by atoms with Crippen LogP contribution in [0.5, 0.6) is 0 Å². The van der Waals surface area contributed by atoms with Gasteiger partial charge in [0.05, 0.1) is 10.5 Å². The predicted molar refractivity (Wildman–Crippen MR) is 108 cm³/mol. The standard InChI is InChI=1S/C20H21N3O5S/c1-14-5-2-6-15(11-14)20(25)28-13-19(24)22-16-7-3-8-17(12-16)29(26,27)23-18-9-4-10-21-18/h2-3,5-8,11-12H,4,9-10,13H2,1H3,(H,21,23)(H,22,24). The van der Waals surface area contributed by atoms with Gasteiger partial charge < -0.3 is 10.1 Å². The molecule has 1 aliphatic rings. The lowest BCUT2D eigenvalue weighted by atomic mass is 10.1. The second kappa shape index (κ2) is 8.87. The number of rotatable bonds is 6. The summed E-state index contributed by atoms with van der Waals surface area (Å²) in [6.45, 7) is 1.97. The van der Waals surface area contributed by atoms with Crippen LogP contribution in [0.1, 0.15) is 28.8 Å². The van der Waals surface area contributed by atoms with Gasteiger partial charge in [-0.25, -0.2) is 13.2 Å². The summed E-state index contributed by atoms with van der Waals surface area (Å²) in [7, 11) is -3.79. The Morgan fingerprint density at radius 1 is 1.14 bits per heavy atom. The van der Waals surface area contributed by atoms with Crippen LogP contribution in [0.3, 0.4) is 0 Å². The fraction of sp³-hybridized carbons (Fsp3) is 0.250. The predicted octanol–water partition coefficient (Wildman–Crippen LogP) is 2.26. The number of hydrogen-bond acceptors (Lipinski definition) is 6. The number of aliphatic imine (C=N–C) groups is 1. The fourth-order valence-electron chi connectivity index (χ4n) is 2.76. The number of aryl methyl sites for hydroxylation is 1. The van der Waals surface area contributed by atoms with Crippen molar-refractivity contribution in [1.82, 2.24) is 4.72 Å². The van der Waals surface area contributed by atoms with E-state index < -0.39 is 28.5 Å². The van der Waals surface area contributed by atoms with E-state index in [9.17, 15) is 18.0 Å². The molecule has 0 spiro atoms. The molecule has 29 heavy (non-hydrogen) atoms. The molecule has 2 N–H and O–H groups in total. The Balaban J connectivity index is 1.59. The van der Waals surface area contributed by atoms with E-state index in [1.54, 1.807) is 24.3 Å². The van der Waals surface area contributed by atoms with Crippen molar-refractivity contribution < 1.29 is 22.7 Å². The SMILES string of the molecule is Cc1cccc(C(=O)OCC(=O)Nc2cccc(S(=O)(=O)NC3=NCCC3)c2)c1. The summed E-state index contributed by atoms with van der Waals surface area (Å²) in [4.78, 5) is 28.2. The van der Waals surface area contributed by atoms with E-state index in [4.69, 9.17) is 4.74 Å². The molecule has 0 aliphatic carbocycles. The summed E-state index contributed by atoms with van der Waals surface area (Å²) < 4.78 is 32.4. The first-order valence-electron chi connectivity index (χ1n) is 9.03. The Bertz CT molecular complexity index is 1060. The lowest BCUT2D eigenvalue weighted by Crippen LogP contribution is -2.29. The van der Waals surface area contributed by atoms with E-state index in [0.29, 0.717) is 24.4 Å². The minimum absolute atomic E-state index is 0.00153. The Morgan fingerprint density at radius 3 is 2.66 bits per heavy atom. The van der Waals surface area contributed by atoms with Crippen molar-refractivity contribution in [2.75, 3.05) is 18.5 Å². The molecule has 0 fully saturated rings. The van der Waals surface area contributed by atoms with Crippen LogP contribution >= 0.6 is 0 Å². The molecule has 0 atom stereocenters. The second-order valence-electron chi connectivity index (χ2n) is 6.56. The van der Waals surface area contributed by atoms with Gasteiger partial charge in [-0.3, -0.25) is 14.5 Å². The molecule has 0 saturated carbocycles. The van der Waals surface area contributed by atoms with Crippen LogP contribution in [0.2, 0.25) is 0 Å². The number of carbonyl (C=O) groups excluding carboxylic acids is 2. The summed E-state index contributed by atoms with van der Waals surface area (Å²) in [5, 5.41) is 2.53. The third kappa shape index (κ3) is 5.64. The van der Waals surface area contributed by atoms with Crippen molar-refractivity contribution in [2.45, 2.75) is 24.7 Å². The van der Waals surface area contributed by atoms with Crippen molar-refractivity contribution >= 4 is 33.4 Å². The Hall–Kier alpha value is -3.20. The average Bonchev–Trinajstić information content (AvgIpc) is 3.18. The summed E-state index contributed by atoms with van der Waals surface area (Å²) in [5.74, 6) is -0.752. The Morgan fingerprint density at radius 2 is 1.93 bits per heavy atom. The maximum absolute atomic E-state index is 12.5. The number of benzene rings is 2. The minimum atomic E-state index is -3.79. The molecule has 2 aromatic carbocycles. The number of carbonyl (C=O) groups is 2. The number of esters is 1.